The van der Waals surface area contributed by atoms with Crippen LogP contribution in [-0.2, 0) is 9.22 Å². The van der Waals surface area contributed by atoms with Gasteiger partial charge in [0.25, 0.3) is 0 Å². The Morgan fingerprint density at radius 3 is 2.31 bits per heavy atom. The average Bonchev–Trinajstić information content (AvgIpc) is 2.63. The summed E-state index contributed by atoms with van der Waals surface area (Å²) in [7, 11) is -2.13. The first-order chi connectivity index (χ1) is 11.6. The van der Waals surface area contributed by atoms with Gasteiger partial charge in [-0.2, -0.15) is 0 Å². The summed E-state index contributed by atoms with van der Waals surface area (Å²) in [4.78, 5) is 15.5. The third-order valence-corrected chi connectivity index (χ3v) is 10.4. The topological polar surface area (TPSA) is 29.5 Å². The van der Waals surface area contributed by atoms with E-state index in [4.69, 9.17) is 16.0 Å². The van der Waals surface area contributed by atoms with Crippen molar-refractivity contribution in [3.8, 4) is 0 Å². The second-order valence-electron chi connectivity index (χ2n) is 9.73. The summed E-state index contributed by atoms with van der Waals surface area (Å²) in [5, 5.41) is 0.619. The van der Waals surface area contributed by atoms with E-state index in [0.717, 1.165) is 5.57 Å². The highest BCUT2D eigenvalue weighted by Gasteiger charge is 2.56. The molecule has 2 rings (SSSR count). The van der Waals surface area contributed by atoms with Gasteiger partial charge in [0.1, 0.15) is 5.41 Å². The monoisotopic (exact) mass is 393 g/mol. The molecule has 1 aliphatic carbocycles. The SMILES string of the molecule is C=C(O[Si](C)(C)C(C)(C)C)C12C=CC(Cl)=CC=C1CN(C(C)(C)C)C2=O. The lowest BCUT2D eigenvalue weighted by Gasteiger charge is -2.41. The van der Waals surface area contributed by atoms with Gasteiger partial charge in [-0.15, -0.1) is 0 Å². The van der Waals surface area contributed by atoms with E-state index in [1.165, 1.54) is 0 Å². The van der Waals surface area contributed by atoms with E-state index in [1.807, 2.05) is 43.9 Å². The maximum absolute atomic E-state index is 13.6. The van der Waals surface area contributed by atoms with Crippen molar-refractivity contribution in [2.75, 3.05) is 6.54 Å². The first-order valence-corrected chi connectivity index (χ1v) is 12.4. The van der Waals surface area contributed by atoms with E-state index in [2.05, 4.69) is 40.4 Å². The predicted octanol–water partition coefficient (Wildman–Crippen LogP) is 5.77. The average molecular weight is 394 g/mol. The molecule has 1 unspecified atom stereocenters. The number of fused-ring (bicyclic) bond motifs is 1. The van der Waals surface area contributed by atoms with E-state index >= 15 is 0 Å². The fourth-order valence-corrected chi connectivity index (χ4v) is 4.20. The quantitative estimate of drug-likeness (QED) is 0.450. The smallest absolute Gasteiger partial charge is 0.250 e. The van der Waals surface area contributed by atoms with Crippen LogP contribution in [0.3, 0.4) is 0 Å². The van der Waals surface area contributed by atoms with Crippen LogP contribution in [0.15, 0.2) is 47.2 Å². The van der Waals surface area contributed by atoms with Crippen molar-refractivity contribution in [1.29, 1.82) is 0 Å². The van der Waals surface area contributed by atoms with Crippen LogP contribution in [0.25, 0.3) is 0 Å². The molecular formula is C21H32ClNO2Si. The number of allylic oxidation sites excluding steroid dienone is 4. The Hall–Kier alpha value is -1.26. The van der Waals surface area contributed by atoms with Crippen LogP contribution in [-0.4, -0.2) is 31.2 Å². The van der Waals surface area contributed by atoms with E-state index < -0.39 is 13.7 Å². The van der Waals surface area contributed by atoms with Crippen LogP contribution in [0.2, 0.25) is 18.1 Å². The molecule has 1 heterocycles. The van der Waals surface area contributed by atoms with Crippen LogP contribution in [0.5, 0.6) is 0 Å². The number of carbonyl (C=O) groups is 1. The minimum atomic E-state index is -2.13. The van der Waals surface area contributed by atoms with Crippen molar-refractivity contribution in [1.82, 2.24) is 4.90 Å². The molecular weight excluding hydrogens is 362 g/mol. The van der Waals surface area contributed by atoms with Crippen LogP contribution in [0.4, 0.5) is 0 Å². The molecule has 2 aliphatic rings. The minimum absolute atomic E-state index is 0.0102. The first kappa shape index (κ1) is 21.0. The summed E-state index contributed by atoms with van der Waals surface area (Å²) >= 11 is 6.22. The number of carbonyl (C=O) groups excluding carboxylic acids is 1. The minimum Gasteiger partial charge on any atom is -0.546 e. The van der Waals surface area contributed by atoms with Gasteiger partial charge in [0.15, 0.2) is 0 Å². The molecule has 0 radical (unpaired) electrons. The van der Waals surface area contributed by atoms with Crippen molar-refractivity contribution in [2.24, 2.45) is 5.41 Å². The van der Waals surface area contributed by atoms with Gasteiger partial charge in [0, 0.05) is 17.1 Å². The molecule has 144 valence electrons. The third-order valence-electron chi connectivity index (χ3n) is 5.79. The summed E-state index contributed by atoms with van der Waals surface area (Å²) in [5.74, 6) is 0.527. The van der Waals surface area contributed by atoms with Gasteiger partial charge < -0.3 is 9.33 Å². The number of likely N-dealkylation sites (tertiary alicyclic amines) is 1. The van der Waals surface area contributed by atoms with Crippen molar-refractivity contribution < 1.29 is 9.22 Å². The van der Waals surface area contributed by atoms with Gasteiger partial charge in [0.2, 0.25) is 14.2 Å². The van der Waals surface area contributed by atoms with Gasteiger partial charge in [-0.3, -0.25) is 4.79 Å². The summed E-state index contributed by atoms with van der Waals surface area (Å²) in [6.45, 7) is 21.8. The molecule has 0 aromatic carbocycles. The Bertz CT molecular complexity index is 719. The van der Waals surface area contributed by atoms with Gasteiger partial charge in [0.05, 0.1) is 5.76 Å². The summed E-state index contributed by atoms with van der Waals surface area (Å²) in [6.07, 6.45) is 7.45. The summed E-state index contributed by atoms with van der Waals surface area (Å²) < 4.78 is 6.51. The van der Waals surface area contributed by atoms with Crippen LogP contribution in [0.1, 0.15) is 41.5 Å². The van der Waals surface area contributed by atoms with E-state index in [0.29, 0.717) is 17.3 Å². The molecule has 0 spiro atoms. The molecule has 0 aromatic rings. The number of nitrogens with zero attached hydrogens (tertiary/aromatic N) is 1. The molecule has 1 fully saturated rings. The van der Waals surface area contributed by atoms with Crippen LogP contribution < -0.4 is 0 Å². The van der Waals surface area contributed by atoms with Gasteiger partial charge >= 0.3 is 0 Å². The molecule has 5 heteroatoms. The Morgan fingerprint density at radius 1 is 1.23 bits per heavy atom. The Labute approximate surface area is 164 Å². The zero-order valence-corrected chi connectivity index (χ0v) is 19.1. The third kappa shape index (κ3) is 3.46. The number of amides is 1. The first-order valence-electron chi connectivity index (χ1n) is 9.09. The maximum atomic E-state index is 13.6. The Morgan fingerprint density at radius 2 is 1.81 bits per heavy atom. The normalized spacial score (nSPS) is 24.0. The standard InChI is InChI=1S/C21H32ClNO2Si/c1-15(25-26(8,9)20(5,6)7)21-13-12-17(22)11-10-16(21)14-23(18(21)24)19(2,3)4/h10-13H,1,14H2,2-9H3. The molecule has 0 aromatic heterocycles. The van der Waals surface area contributed by atoms with Crippen molar-refractivity contribution in [2.45, 2.75) is 65.2 Å². The Kier molecular flexibility index (Phi) is 5.19. The highest BCUT2D eigenvalue weighted by molar-refractivity contribution is 6.74. The molecule has 26 heavy (non-hydrogen) atoms. The predicted molar refractivity (Wildman–Crippen MR) is 112 cm³/mol. The number of rotatable bonds is 3. The zero-order valence-electron chi connectivity index (χ0n) is 17.4. The molecule has 0 N–H and O–H groups in total. The fraction of sp³-hybridized carbons (Fsp3) is 0.571. The molecule has 1 saturated heterocycles. The van der Waals surface area contributed by atoms with Crippen molar-refractivity contribution in [3.05, 3.63) is 47.2 Å². The molecule has 3 nitrogen and oxygen atoms in total. The largest absolute Gasteiger partial charge is 0.546 e. The number of hydrogen-bond acceptors (Lipinski definition) is 2. The second kappa shape index (κ2) is 6.41. The molecule has 1 atom stereocenters. The van der Waals surface area contributed by atoms with Crippen LogP contribution >= 0.6 is 11.6 Å². The molecule has 1 aliphatic heterocycles. The lowest BCUT2D eigenvalue weighted by Crippen LogP contribution is -2.47. The van der Waals surface area contributed by atoms with Gasteiger partial charge in [-0.25, -0.2) is 0 Å². The highest BCUT2D eigenvalue weighted by Crippen LogP contribution is 2.50. The molecule has 0 saturated carbocycles. The number of halogens is 1. The maximum Gasteiger partial charge on any atom is 0.250 e. The summed E-state index contributed by atoms with van der Waals surface area (Å²) in [5.41, 5.74) is -0.292. The molecule has 1 amide bonds. The van der Waals surface area contributed by atoms with Gasteiger partial charge in [-0.1, -0.05) is 51.1 Å². The summed E-state index contributed by atoms with van der Waals surface area (Å²) in [6, 6.07) is 0. The van der Waals surface area contributed by atoms with Crippen molar-refractivity contribution >= 4 is 25.8 Å². The van der Waals surface area contributed by atoms with E-state index in [-0.39, 0.29) is 16.5 Å². The van der Waals surface area contributed by atoms with Gasteiger partial charge in [-0.05, 0) is 56.6 Å². The van der Waals surface area contributed by atoms with Crippen molar-refractivity contribution in [3.63, 3.8) is 0 Å². The lowest BCUT2D eigenvalue weighted by atomic mass is 9.80. The number of hydrogen-bond donors (Lipinski definition) is 0. The lowest BCUT2D eigenvalue weighted by molar-refractivity contribution is -0.137. The van der Waals surface area contributed by atoms with Crippen LogP contribution in [0, 0.1) is 5.41 Å². The zero-order chi connectivity index (χ0) is 20.1. The Balaban J connectivity index is 2.55. The van der Waals surface area contributed by atoms with E-state index in [9.17, 15) is 4.79 Å². The fourth-order valence-electron chi connectivity index (χ4n) is 2.99. The van der Waals surface area contributed by atoms with E-state index in [1.54, 1.807) is 6.08 Å². The highest BCUT2D eigenvalue weighted by atomic mass is 35.5. The second-order valence-corrected chi connectivity index (χ2v) is 14.9. The molecule has 0 bridgehead atoms.